The smallest absolute Gasteiger partial charge is 0.224 e. The zero-order valence-electron chi connectivity index (χ0n) is 10.6. The molecule has 18 heavy (non-hydrogen) atoms. The second-order valence-electron chi connectivity index (χ2n) is 4.91. The van der Waals surface area contributed by atoms with Crippen LogP contribution in [-0.4, -0.2) is 25.0 Å². The van der Waals surface area contributed by atoms with E-state index in [1.807, 2.05) is 0 Å². The molecule has 1 fully saturated rings. The van der Waals surface area contributed by atoms with Crippen molar-refractivity contribution in [3.05, 3.63) is 35.6 Å². The largest absolute Gasteiger partial charge is 0.352 e. The number of carbonyl (C=O) groups excluding carboxylic acids is 1. The summed E-state index contributed by atoms with van der Waals surface area (Å²) in [5, 5.41) is 6.23. The molecule has 3 nitrogen and oxygen atoms in total. The van der Waals surface area contributed by atoms with Gasteiger partial charge < -0.3 is 10.6 Å². The Balaban J connectivity index is 1.90. The van der Waals surface area contributed by atoms with Crippen LogP contribution in [0.2, 0.25) is 0 Å². The maximum atomic E-state index is 13.4. The molecule has 0 unspecified atom stereocenters. The van der Waals surface area contributed by atoms with E-state index in [1.165, 1.54) is 6.07 Å². The lowest BCUT2D eigenvalue weighted by Crippen LogP contribution is -2.50. The zero-order chi connectivity index (χ0) is 13.0. The highest BCUT2D eigenvalue weighted by atomic mass is 19.1. The molecule has 1 saturated heterocycles. The summed E-state index contributed by atoms with van der Waals surface area (Å²) < 4.78 is 13.4. The van der Waals surface area contributed by atoms with E-state index in [2.05, 4.69) is 17.6 Å². The van der Waals surface area contributed by atoms with Crippen molar-refractivity contribution < 1.29 is 9.18 Å². The van der Waals surface area contributed by atoms with Gasteiger partial charge in [0.05, 0.1) is 6.42 Å². The Labute approximate surface area is 107 Å². The van der Waals surface area contributed by atoms with E-state index in [-0.39, 0.29) is 24.2 Å². The standard InChI is InChI=1S/C14H19FN2O/c1-10-6-7-16-9-13(10)17-14(18)8-11-4-2-3-5-12(11)15/h2-5,10,13,16H,6-9H2,1H3,(H,17,18)/t10-,13-/m1/s1. The summed E-state index contributed by atoms with van der Waals surface area (Å²) in [6.07, 6.45) is 1.17. The van der Waals surface area contributed by atoms with Crippen molar-refractivity contribution in [1.82, 2.24) is 10.6 Å². The third-order valence-electron chi connectivity index (χ3n) is 3.48. The molecule has 0 saturated carbocycles. The third kappa shape index (κ3) is 3.29. The van der Waals surface area contributed by atoms with Crippen LogP contribution in [0.5, 0.6) is 0 Å². The van der Waals surface area contributed by atoms with Crippen molar-refractivity contribution in [2.45, 2.75) is 25.8 Å². The molecule has 0 bridgehead atoms. The van der Waals surface area contributed by atoms with Crippen molar-refractivity contribution in [3.63, 3.8) is 0 Å². The molecule has 98 valence electrons. The van der Waals surface area contributed by atoms with Gasteiger partial charge in [-0.2, -0.15) is 0 Å². The van der Waals surface area contributed by atoms with Crippen LogP contribution in [0.15, 0.2) is 24.3 Å². The number of hydrogen-bond acceptors (Lipinski definition) is 2. The highest BCUT2D eigenvalue weighted by Gasteiger charge is 2.22. The van der Waals surface area contributed by atoms with E-state index in [0.29, 0.717) is 11.5 Å². The maximum Gasteiger partial charge on any atom is 0.224 e. The second-order valence-corrected chi connectivity index (χ2v) is 4.91. The molecule has 1 aliphatic rings. The molecule has 0 aliphatic carbocycles. The normalized spacial score (nSPS) is 23.7. The summed E-state index contributed by atoms with van der Waals surface area (Å²) >= 11 is 0. The maximum absolute atomic E-state index is 13.4. The molecule has 1 amide bonds. The lowest BCUT2D eigenvalue weighted by molar-refractivity contribution is -0.121. The van der Waals surface area contributed by atoms with E-state index >= 15 is 0 Å². The lowest BCUT2D eigenvalue weighted by Gasteiger charge is -2.30. The molecule has 2 rings (SSSR count). The Bertz CT molecular complexity index is 422. The third-order valence-corrected chi connectivity index (χ3v) is 3.48. The van der Waals surface area contributed by atoms with E-state index < -0.39 is 0 Å². The molecule has 1 aromatic rings. The van der Waals surface area contributed by atoms with Crippen LogP contribution in [0, 0.1) is 11.7 Å². The molecule has 4 heteroatoms. The lowest BCUT2D eigenvalue weighted by atomic mass is 9.94. The quantitative estimate of drug-likeness (QED) is 0.853. The van der Waals surface area contributed by atoms with Gasteiger partial charge in [-0.1, -0.05) is 25.1 Å². The van der Waals surface area contributed by atoms with Crippen molar-refractivity contribution in [1.29, 1.82) is 0 Å². The minimum Gasteiger partial charge on any atom is -0.352 e. The van der Waals surface area contributed by atoms with Crippen LogP contribution in [-0.2, 0) is 11.2 Å². The fraction of sp³-hybridized carbons (Fsp3) is 0.500. The van der Waals surface area contributed by atoms with Crippen LogP contribution in [0.1, 0.15) is 18.9 Å². The first kappa shape index (κ1) is 13.0. The van der Waals surface area contributed by atoms with Crippen LogP contribution in [0.25, 0.3) is 0 Å². The Kier molecular flexibility index (Phi) is 4.31. The highest BCUT2D eigenvalue weighted by Crippen LogP contribution is 2.12. The molecular weight excluding hydrogens is 231 g/mol. The van der Waals surface area contributed by atoms with Gasteiger partial charge in [0.15, 0.2) is 0 Å². The predicted octanol–water partition coefficient (Wildman–Crippen LogP) is 1.48. The van der Waals surface area contributed by atoms with Gasteiger partial charge in [0.25, 0.3) is 0 Å². The average Bonchev–Trinajstić information content (AvgIpc) is 2.35. The summed E-state index contributed by atoms with van der Waals surface area (Å²) in [6.45, 7) is 3.93. The van der Waals surface area contributed by atoms with E-state index in [0.717, 1.165) is 19.5 Å². The van der Waals surface area contributed by atoms with Crippen LogP contribution >= 0.6 is 0 Å². The van der Waals surface area contributed by atoms with Crippen LogP contribution in [0.3, 0.4) is 0 Å². The second kappa shape index (κ2) is 5.96. The van der Waals surface area contributed by atoms with E-state index in [1.54, 1.807) is 18.2 Å². The summed E-state index contributed by atoms with van der Waals surface area (Å²) in [5.41, 5.74) is 0.450. The molecule has 1 aromatic carbocycles. The van der Waals surface area contributed by atoms with Gasteiger partial charge in [-0.15, -0.1) is 0 Å². The molecule has 1 aliphatic heterocycles. The molecule has 0 radical (unpaired) electrons. The average molecular weight is 250 g/mol. The predicted molar refractivity (Wildman–Crippen MR) is 68.7 cm³/mol. The summed E-state index contributed by atoms with van der Waals surface area (Å²) in [6, 6.07) is 6.56. The monoisotopic (exact) mass is 250 g/mol. The fourth-order valence-electron chi connectivity index (χ4n) is 2.26. The number of piperidine rings is 1. The first-order valence-electron chi connectivity index (χ1n) is 6.40. The SMILES string of the molecule is C[C@@H]1CCNC[C@H]1NC(=O)Cc1ccccc1F. The zero-order valence-corrected chi connectivity index (χ0v) is 10.6. The first-order chi connectivity index (χ1) is 8.66. The van der Waals surface area contributed by atoms with E-state index in [9.17, 15) is 9.18 Å². The first-order valence-corrected chi connectivity index (χ1v) is 6.40. The van der Waals surface area contributed by atoms with Crippen molar-refractivity contribution in [2.75, 3.05) is 13.1 Å². The number of amides is 1. The summed E-state index contributed by atoms with van der Waals surface area (Å²) in [7, 11) is 0. The van der Waals surface area contributed by atoms with Gasteiger partial charge in [-0.3, -0.25) is 4.79 Å². The molecule has 2 atom stereocenters. The van der Waals surface area contributed by atoms with Gasteiger partial charge in [-0.25, -0.2) is 4.39 Å². The topological polar surface area (TPSA) is 41.1 Å². The van der Waals surface area contributed by atoms with Crippen molar-refractivity contribution in [3.8, 4) is 0 Å². The highest BCUT2D eigenvalue weighted by molar-refractivity contribution is 5.79. The molecule has 0 spiro atoms. The minimum atomic E-state index is -0.317. The van der Waals surface area contributed by atoms with Gasteiger partial charge in [-0.05, 0) is 30.5 Å². The number of rotatable bonds is 3. The number of carbonyl (C=O) groups is 1. The van der Waals surface area contributed by atoms with Crippen molar-refractivity contribution >= 4 is 5.91 Å². The Hall–Kier alpha value is -1.42. The summed E-state index contributed by atoms with van der Waals surface area (Å²) in [4.78, 5) is 11.9. The minimum absolute atomic E-state index is 0.107. The van der Waals surface area contributed by atoms with Crippen LogP contribution < -0.4 is 10.6 Å². The molecule has 1 heterocycles. The Morgan fingerprint density at radius 2 is 2.28 bits per heavy atom. The fourth-order valence-corrected chi connectivity index (χ4v) is 2.26. The van der Waals surface area contributed by atoms with Gasteiger partial charge in [0, 0.05) is 12.6 Å². The number of benzene rings is 1. The molecule has 0 aromatic heterocycles. The van der Waals surface area contributed by atoms with Gasteiger partial charge in [0.2, 0.25) is 5.91 Å². The summed E-state index contributed by atoms with van der Waals surface area (Å²) in [5.74, 6) is 0.0407. The van der Waals surface area contributed by atoms with E-state index in [4.69, 9.17) is 0 Å². The van der Waals surface area contributed by atoms with Crippen LogP contribution in [0.4, 0.5) is 4.39 Å². The molecular formula is C14H19FN2O. The number of hydrogen-bond donors (Lipinski definition) is 2. The van der Waals surface area contributed by atoms with Crippen molar-refractivity contribution in [2.24, 2.45) is 5.92 Å². The number of nitrogens with one attached hydrogen (secondary N) is 2. The van der Waals surface area contributed by atoms with Gasteiger partial charge in [0.1, 0.15) is 5.82 Å². The Morgan fingerprint density at radius 3 is 3.00 bits per heavy atom. The number of halogens is 1. The Morgan fingerprint density at radius 1 is 1.50 bits per heavy atom. The van der Waals surface area contributed by atoms with Gasteiger partial charge >= 0.3 is 0 Å². The molecule has 2 N–H and O–H groups in total.